The lowest BCUT2D eigenvalue weighted by Crippen LogP contribution is -2.35. The van der Waals surface area contributed by atoms with E-state index >= 15 is 0 Å². The maximum Gasteiger partial charge on any atom is 0.344 e. The summed E-state index contributed by atoms with van der Waals surface area (Å²) in [6.45, 7) is 0. The molecule has 1 amide bonds. The van der Waals surface area contributed by atoms with Crippen LogP contribution in [0.25, 0.3) is 22.1 Å². The van der Waals surface area contributed by atoms with Crippen molar-refractivity contribution >= 4 is 51.5 Å². The number of hydrogen-bond donors (Lipinski definition) is 2. The number of nitrogens with one attached hydrogen (secondary N) is 2. The summed E-state index contributed by atoms with van der Waals surface area (Å²) in [5.41, 5.74) is -0.937. The van der Waals surface area contributed by atoms with Crippen molar-refractivity contribution in [2.75, 3.05) is 12.4 Å². The number of hydrogen-bond acceptors (Lipinski definition) is 5. The molecule has 3 aromatic carbocycles. The first kappa shape index (κ1) is 25.1. The van der Waals surface area contributed by atoms with Gasteiger partial charge in [-0.25, -0.2) is 13.6 Å². The molecule has 0 fully saturated rings. The summed E-state index contributed by atoms with van der Waals surface area (Å²) < 4.78 is 65.7. The molecule has 0 atom stereocenters. The Morgan fingerprint density at radius 3 is 2.28 bits per heavy atom. The van der Waals surface area contributed by atoms with Gasteiger partial charge in [0.25, 0.3) is 5.91 Å². The molecule has 1 heterocycles. The number of carbonyl (C=O) groups excluding carboxylic acids is 1. The minimum atomic E-state index is -1.95. The fraction of sp³-hybridized carbons (Fsp3) is 0.0417. The van der Waals surface area contributed by atoms with Crippen LogP contribution in [0.2, 0.25) is 5.02 Å². The lowest BCUT2D eigenvalue weighted by Gasteiger charge is -2.13. The number of methoxy groups -OCH3 is 1. The molecule has 36 heavy (non-hydrogen) atoms. The molecule has 0 unspecified atom stereocenters. The highest BCUT2D eigenvalue weighted by Gasteiger charge is 2.30. The molecule has 0 bridgehead atoms. The maximum atomic E-state index is 14.2. The number of amides is 1. The van der Waals surface area contributed by atoms with Crippen LogP contribution in [-0.2, 0) is 0 Å². The van der Waals surface area contributed by atoms with Gasteiger partial charge in [-0.15, -0.1) is 0 Å². The van der Waals surface area contributed by atoms with E-state index in [4.69, 9.17) is 28.2 Å². The zero-order chi connectivity index (χ0) is 26.1. The molecule has 0 radical (unpaired) electrons. The van der Waals surface area contributed by atoms with Gasteiger partial charge in [0, 0.05) is 16.6 Å². The summed E-state index contributed by atoms with van der Waals surface area (Å²) in [5.74, 6) is -10.5. The van der Waals surface area contributed by atoms with E-state index in [1.54, 1.807) is 30.3 Å². The number of thiocarbonyl (C=S) groups is 1. The number of ether oxygens (including phenoxy) is 1. The number of fused-ring (bicyclic) bond motifs is 1. The van der Waals surface area contributed by atoms with Gasteiger partial charge in [0.1, 0.15) is 11.1 Å². The minimum absolute atomic E-state index is 0.119. The molecule has 184 valence electrons. The van der Waals surface area contributed by atoms with Gasteiger partial charge in [-0.05, 0) is 36.5 Å². The van der Waals surface area contributed by atoms with Gasteiger partial charge in [0.15, 0.2) is 22.5 Å². The molecule has 0 saturated heterocycles. The molecule has 0 aliphatic rings. The predicted octanol–water partition coefficient (Wildman–Crippen LogP) is 5.81. The van der Waals surface area contributed by atoms with Gasteiger partial charge >= 0.3 is 5.63 Å². The zero-order valence-electron chi connectivity index (χ0n) is 18.0. The summed E-state index contributed by atoms with van der Waals surface area (Å²) in [6, 6.07) is 12.9. The monoisotopic (exact) mass is 536 g/mol. The normalized spacial score (nSPS) is 10.8. The third-order valence-electron chi connectivity index (χ3n) is 5.04. The predicted molar refractivity (Wildman–Crippen MR) is 129 cm³/mol. The van der Waals surface area contributed by atoms with Crippen molar-refractivity contribution in [1.82, 2.24) is 5.32 Å². The maximum absolute atomic E-state index is 14.2. The van der Waals surface area contributed by atoms with Crippen LogP contribution in [0, 0.1) is 23.3 Å². The van der Waals surface area contributed by atoms with Crippen LogP contribution < -0.4 is 21.0 Å². The van der Waals surface area contributed by atoms with E-state index < -0.39 is 51.2 Å². The molecule has 1 aromatic heterocycles. The summed E-state index contributed by atoms with van der Waals surface area (Å²) in [5, 5.41) is 4.83. The van der Waals surface area contributed by atoms with Crippen molar-refractivity contribution in [1.29, 1.82) is 0 Å². The lowest BCUT2D eigenvalue weighted by atomic mass is 10.1. The van der Waals surface area contributed by atoms with Crippen molar-refractivity contribution in [2.24, 2.45) is 0 Å². The summed E-state index contributed by atoms with van der Waals surface area (Å²) >= 11 is 11.3. The number of halogens is 5. The molecule has 4 rings (SSSR count). The van der Waals surface area contributed by atoms with E-state index in [0.717, 1.165) is 7.11 Å². The Labute approximate surface area is 210 Å². The average molecular weight is 537 g/mol. The molecule has 0 saturated carbocycles. The fourth-order valence-corrected chi connectivity index (χ4v) is 3.87. The van der Waals surface area contributed by atoms with Gasteiger partial charge in [0.2, 0.25) is 11.6 Å². The van der Waals surface area contributed by atoms with Crippen LogP contribution in [0.5, 0.6) is 5.75 Å². The van der Waals surface area contributed by atoms with Gasteiger partial charge in [0.05, 0.1) is 17.7 Å². The largest absolute Gasteiger partial charge is 0.491 e. The van der Waals surface area contributed by atoms with E-state index in [-0.39, 0.29) is 16.3 Å². The van der Waals surface area contributed by atoms with Gasteiger partial charge in [-0.1, -0.05) is 35.9 Å². The molecule has 4 aromatic rings. The zero-order valence-corrected chi connectivity index (χ0v) is 19.6. The molecule has 2 N–H and O–H groups in total. The van der Waals surface area contributed by atoms with E-state index in [1.807, 2.05) is 5.32 Å². The first-order valence-electron chi connectivity index (χ1n) is 9.97. The van der Waals surface area contributed by atoms with E-state index in [1.165, 1.54) is 18.2 Å². The second-order valence-electron chi connectivity index (χ2n) is 7.25. The fourth-order valence-electron chi connectivity index (χ4n) is 3.38. The van der Waals surface area contributed by atoms with Crippen molar-refractivity contribution in [2.45, 2.75) is 0 Å². The van der Waals surface area contributed by atoms with Crippen LogP contribution in [0.1, 0.15) is 10.4 Å². The SMILES string of the molecule is COc1c(F)c(F)c(C(=O)NC(=S)Nc2ccc(-c3cc4ccccc4oc3=O)c(Cl)c2)c(F)c1F. The summed E-state index contributed by atoms with van der Waals surface area (Å²) in [4.78, 5) is 24.7. The Morgan fingerprint density at radius 2 is 1.64 bits per heavy atom. The second-order valence-corrected chi connectivity index (χ2v) is 8.07. The standard InChI is InChI=1S/C24H13ClF4N2O4S/c1-34-21-19(28)17(26)16(18(27)20(21)29)22(32)31-24(36)30-11-6-7-12(14(25)9-11)13-8-10-4-2-3-5-15(10)35-23(13)33/h2-9H,1H3,(H2,30,31,32,36). The van der Waals surface area contributed by atoms with Crippen LogP contribution in [-0.4, -0.2) is 18.1 Å². The first-order chi connectivity index (χ1) is 17.1. The van der Waals surface area contributed by atoms with Crippen molar-refractivity contribution in [3.05, 3.63) is 92.8 Å². The summed E-state index contributed by atoms with van der Waals surface area (Å²) in [6.07, 6.45) is 0. The first-order valence-corrected chi connectivity index (χ1v) is 10.8. The Bertz CT molecular complexity index is 1580. The highest BCUT2D eigenvalue weighted by Crippen LogP contribution is 2.31. The van der Waals surface area contributed by atoms with Crippen LogP contribution in [0.15, 0.2) is 57.7 Å². The summed E-state index contributed by atoms with van der Waals surface area (Å²) in [7, 11) is 0.808. The van der Waals surface area contributed by atoms with Crippen LogP contribution in [0.4, 0.5) is 23.2 Å². The highest BCUT2D eigenvalue weighted by atomic mass is 35.5. The Kier molecular flexibility index (Phi) is 6.95. The quantitative estimate of drug-likeness (QED) is 0.148. The van der Waals surface area contributed by atoms with Crippen molar-refractivity contribution in [3.63, 3.8) is 0 Å². The van der Waals surface area contributed by atoms with Gasteiger partial charge < -0.3 is 14.5 Å². The van der Waals surface area contributed by atoms with Gasteiger partial charge in [-0.2, -0.15) is 8.78 Å². The van der Waals surface area contributed by atoms with Crippen molar-refractivity contribution < 1.29 is 31.5 Å². The molecule has 12 heteroatoms. The van der Waals surface area contributed by atoms with E-state index in [2.05, 4.69) is 10.1 Å². The van der Waals surface area contributed by atoms with E-state index in [9.17, 15) is 27.2 Å². The number of rotatable bonds is 4. The molecule has 0 aliphatic carbocycles. The Hall–Kier alpha value is -3.96. The molecule has 0 spiro atoms. The third-order valence-corrected chi connectivity index (χ3v) is 5.56. The molecular weight excluding hydrogens is 524 g/mol. The van der Waals surface area contributed by atoms with Crippen LogP contribution >= 0.6 is 23.8 Å². The Balaban J connectivity index is 1.55. The van der Waals surface area contributed by atoms with E-state index in [0.29, 0.717) is 16.5 Å². The molecular formula is C24H13ClF4N2O4S. The number of anilines is 1. The minimum Gasteiger partial charge on any atom is -0.491 e. The average Bonchev–Trinajstić information content (AvgIpc) is 2.83. The number of carbonyl (C=O) groups is 1. The van der Waals surface area contributed by atoms with Crippen LogP contribution in [0.3, 0.4) is 0 Å². The Morgan fingerprint density at radius 1 is 0.972 bits per heavy atom. The highest BCUT2D eigenvalue weighted by molar-refractivity contribution is 7.80. The smallest absolute Gasteiger partial charge is 0.344 e. The topological polar surface area (TPSA) is 80.6 Å². The third kappa shape index (κ3) is 4.62. The second kappa shape index (κ2) is 9.96. The van der Waals surface area contributed by atoms with Gasteiger partial charge in [-0.3, -0.25) is 10.1 Å². The number of para-hydroxylation sites is 1. The lowest BCUT2D eigenvalue weighted by molar-refractivity contribution is 0.0966. The number of benzene rings is 3. The van der Waals surface area contributed by atoms with Crippen molar-refractivity contribution in [3.8, 4) is 16.9 Å². The molecule has 6 nitrogen and oxygen atoms in total. The molecule has 0 aliphatic heterocycles.